The molecule has 17 heavy (non-hydrogen) atoms. The molecule has 0 saturated carbocycles. The molecule has 1 rings (SSSR count). The molecular weight excluding hydrogens is 222 g/mol. The smallest absolute Gasteiger partial charge is 0.331 e. The van der Waals surface area contributed by atoms with Crippen LogP contribution < -0.4 is 5.32 Å². The van der Waals surface area contributed by atoms with Gasteiger partial charge in [0.2, 0.25) is 5.91 Å². The maximum Gasteiger partial charge on any atom is 0.331 e. The molecule has 1 heterocycles. The Hall–Kier alpha value is -1.10. The molecule has 0 spiro atoms. The summed E-state index contributed by atoms with van der Waals surface area (Å²) in [5, 5.41) is 11.4. The molecule has 2 unspecified atom stereocenters. The van der Waals surface area contributed by atoms with Gasteiger partial charge in [0.25, 0.3) is 0 Å². The molecule has 0 bridgehead atoms. The second-order valence-electron chi connectivity index (χ2n) is 4.42. The van der Waals surface area contributed by atoms with Crippen molar-refractivity contribution in [3.05, 3.63) is 0 Å². The van der Waals surface area contributed by atoms with Crippen LogP contribution >= 0.6 is 0 Å². The van der Waals surface area contributed by atoms with Gasteiger partial charge in [-0.1, -0.05) is 26.2 Å². The van der Waals surface area contributed by atoms with Crippen molar-refractivity contribution in [1.82, 2.24) is 5.32 Å². The maximum absolute atomic E-state index is 11.5. The van der Waals surface area contributed by atoms with E-state index in [1.807, 2.05) is 0 Å². The summed E-state index contributed by atoms with van der Waals surface area (Å²) in [7, 11) is 0. The van der Waals surface area contributed by atoms with E-state index in [9.17, 15) is 9.59 Å². The molecule has 0 radical (unpaired) electrons. The maximum atomic E-state index is 11.5. The van der Waals surface area contributed by atoms with Gasteiger partial charge in [-0.05, 0) is 12.8 Å². The summed E-state index contributed by atoms with van der Waals surface area (Å²) >= 11 is 0. The Bertz CT molecular complexity index is 267. The number of rotatable bonds is 6. The predicted octanol–water partition coefficient (Wildman–Crippen LogP) is 0.749. The fourth-order valence-electron chi connectivity index (χ4n) is 1.89. The van der Waals surface area contributed by atoms with Crippen molar-refractivity contribution >= 4 is 11.9 Å². The van der Waals surface area contributed by atoms with Gasteiger partial charge in [0.1, 0.15) is 6.10 Å². The summed E-state index contributed by atoms with van der Waals surface area (Å²) in [4.78, 5) is 22.9. The zero-order valence-corrected chi connectivity index (χ0v) is 10.3. The Morgan fingerprint density at radius 1 is 1.35 bits per heavy atom. The Balaban J connectivity index is 2.40. The van der Waals surface area contributed by atoms with Crippen molar-refractivity contribution in [3.63, 3.8) is 0 Å². The molecule has 5 heteroatoms. The van der Waals surface area contributed by atoms with Crippen LogP contribution in [0.1, 0.15) is 45.4 Å². The molecule has 98 valence electrons. The van der Waals surface area contributed by atoms with Crippen LogP contribution in [0.25, 0.3) is 0 Å². The van der Waals surface area contributed by atoms with E-state index in [0.29, 0.717) is 0 Å². The van der Waals surface area contributed by atoms with E-state index >= 15 is 0 Å². The van der Waals surface area contributed by atoms with E-state index in [-0.39, 0.29) is 18.4 Å². The van der Waals surface area contributed by atoms with E-state index in [0.717, 1.165) is 32.1 Å². The summed E-state index contributed by atoms with van der Waals surface area (Å²) in [6, 6.07) is -0.900. The highest BCUT2D eigenvalue weighted by molar-refractivity contribution is 5.86. The van der Waals surface area contributed by atoms with Crippen LogP contribution in [0.5, 0.6) is 0 Å². The minimum atomic E-state index is -0.900. The van der Waals surface area contributed by atoms with Gasteiger partial charge < -0.3 is 15.2 Å². The predicted molar refractivity (Wildman–Crippen MR) is 62.3 cm³/mol. The van der Waals surface area contributed by atoms with Crippen LogP contribution in [-0.2, 0) is 14.3 Å². The lowest BCUT2D eigenvalue weighted by Crippen LogP contribution is -2.41. The summed E-state index contributed by atoms with van der Waals surface area (Å²) in [5.74, 6) is -0.755. The number of hydrogen-bond donors (Lipinski definition) is 2. The summed E-state index contributed by atoms with van der Waals surface area (Å²) in [6.07, 6.45) is 4.95. The van der Waals surface area contributed by atoms with Crippen LogP contribution in [0.2, 0.25) is 0 Å². The second-order valence-corrected chi connectivity index (χ2v) is 4.42. The van der Waals surface area contributed by atoms with Crippen molar-refractivity contribution in [3.8, 4) is 0 Å². The molecule has 1 amide bonds. The molecule has 1 aliphatic rings. The molecule has 1 saturated heterocycles. The van der Waals surface area contributed by atoms with Crippen LogP contribution in [-0.4, -0.2) is 35.7 Å². The zero-order valence-electron chi connectivity index (χ0n) is 10.3. The van der Waals surface area contributed by atoms with E-state index in [1.54, 1.807) is 0 Å². The lowest BCUT2D eigenvalue weighted by atomic mass is 10.1. The molecule has 0 aromatic carbocycles. The van der Waals surface area contributed by atoms with Crippen molar-refractivity contribution < 1.29 is 19.4 Å². The van der Waals surface area contributed by atoms with Gasteiger partial charge in [0, 0.05) is 0 Å². The van der Waals surface area contributed by atoms with Gasteiger partial charge in [-0.15, -0.1) is 0 Å². The van der Waals surface area contributed by atoms with E-state index in [4.69, 9.17) is 9.84 Å². The van der Waals surface area contributed by atoms with Gasteiger partial charge in [-0.2, -0.15) is 0 Å². The third-order valence-electron chi connectivity index (χ3n) is 2.88. The Morgan fingerprint density at radius 3 is 2.76 bits per heavy atom. The SMILES string of the molecule is CCCCCCC1CC(=O)NC(CO)C(=O)O1. The largest absolute Gasteiger partial charge is 0.460 e. The molecule has 1 fully saturated rings. The minimum absolute atomic E-state index is 0.203. The molecule has 2 atom stereocenters. The third kappa shape index (κ3) is 4.73. The van der Waals surface area contributed by atoms with E-state index in [1.165, 1.54) is 0 Å². The Morgan fingerprint density at radius 2 is 2.12 bits per heavy atom. The quantitative estimate of drug-likeness (QED) is 0.533. The van der Waals surface area contributed by atoms with Crippen molar-refractivity contribution in [1.29, 1.82) is 0 Å². The molecular formula is C12H21NO4. The van der Waals surface area contributed by atoms with Gasteiger partial charge in [0.15, 0.2) is 6.04 Å². The number of carbonyl (C=O) groups excluding carboxylic acids is 2. The number of amides is 1. The number of ether oxygens (including phenoxy) is 1. The van der Waals surface area contributed by atoms with E-state index in [2.05, 4.69) is 12.2 Å². The molecule has 0 aromatic heterocycles. The topological polar surface area (TPSA) is 75.6 Å². The first-order valence-electron chi connectivity index (χ1n) is 6.28. The first kappa shape index (κ1) is 14.0. The number of hydrogen-bond acceptors (Lipinski definition) is 4. The zero-order chi connectivity index (χ0) is 12.7. The summed E-state index contributed by atoms with van der Waals surface area (Å²) < 4.78 is 5.18. The summed E-state index contributed by atoms with van der Waals surface area (Å²) in [6.45, 7) is 1.72. The van der Waals surface area contributed by atoms with Crippen molar-refractivity contribution in [2.24, 2.45) is 0 Å². The highest BCUT2D eigenvalue weighted by Gasteiger charge is 2.30. The lowest BCUT2D eigenvalue weighted by molar-refractivity contribution is -0.151. The number of esters is 1. The number of aliphatic hydroxyl groups is 1. The number of cyclic esters (lactones) is 1. The van der Waals surface area contributed by atoms with Gasteiger partial charge in [0.05, 0.1) is 13.0 Å². The average Bonchev–Trinajstić information content (AvgIpc) is 2.43. The molecule has 0 aliphatic carbocycles. The Kier molecular flexibility index (Phi) is 5.97. The minimum Gasteiger partial charge on any atom is -0.460 e. The monoisotopic (exact) mass is 243 g/mol. The average molecular weight is 243 g/mol. The van der Waals surface area contributed by atoms with Crippen LogP contribution in [0, 0.1) is 0 Å². The van der Waals surface area contributed by atoms with E-state index < -0.39 is 18.6 Å². The first-order chi connectivity index (χ1) is 8.17. The van der Waals surface area contributed by atoms with Crippen molar-refractivity contribution in [2.75, 3.05) is 6.61 Å². The van der Waals surface area contributed by atoms with Crippen LogP contribution in [0.3, 0.4) is 0 Å². The number of aliphatic hydroxyl groups excluding tert-OH is 1. The number of nitrogens with one attached hydrogen (secondary N) is 1. The highest BCUT2D eigenvalue weighted by Crippen LogP contribution is 2.14. The second kappa shape index (κ2) is 7.27. The fourth-order valence-corrected chi connectivity index (χ4v) is 1.89. The highest BCUT2D eigenvalue weighted by atomic mass is 16.5. The van der Waals surface area contributed by atoms with Crippen molar-refractivity contribution in [2.45, 2.75) is 57.6 Å². The first-order valence-corrected chi connectivity index (χ1v) is 6.28. The van der Waals surface area contributed by atoms with Crippen LogP contribution in [0.15, 0.2) is 0 Å². The fraction of sp³-hybridized carbons (Fsp3) is 0.833. The van der Waals surface area contributed by atoms with Gasteiger partial charge >= 0.3 is 5.97 Å². The van der Waals surface area contributed by atoms with Crippen LogP contribution in [0.4, 0.5) is 0 Å². The lowest BCUT2D eigenvalue weighted by Gasteiger charge is -2.14. The Labute approximate surface area is 102 Å². The number of unbranched alkanes of at least 4 members (excludes halogenated alkanes) is 3. The molecule has 1 aliphatic heterocycles. The summed E-state index contributed by atoms with van der Waals surface area (Å²) in [5.41, 5.74) is 0. The molecule has 0 aromatic rings. The molecule has 5 nitrogen and oxygen atoms in total. The molecule has 2 N–H and O–H groups in total. The number of carbonyl (C=O) groups is 2. The standard InChI is InChI=1S/C12H21NO4/c1-2-3-4-5-6-9-7-11(15)13-10(8-14)12(16)17-9/h9-10,14H,2-8H2,1H3,(H,13,15). The van der Waals surface area contributed by atoms with Gasteiger partial charge in [-0.3, -0.25) is 4.79 Å². The normalized spacial score (nSPS) is 25.1. The van der Waals surface area contributed by atoms with Gasteiger partial charge in [-0.25, -0.2) is 4.79 Å². The third-order valence-corrected chi connectivity index (χ3v) is 2.88.